The van der Waals surface area contributed by atoms with Crippen LogP contribution in [0, 0.1) is 0 Å². The number of nitrogens with zero attached hydrogens (tertiary/aromatic N) is 2. The van der Waals surface area contributed by atoms with E-state index in [4.69, 9.17) is 25.6 Å². The molecule has 0 saturated carbocycles. The molecule has 3 heterocycles. The first-order valence-corrected chi connectivity index (χ1v) is 13.4. The fourth-order valence-corrected chi connectivity index (χ4v) is 4.92. The summed E-state index contributed by atoms with van der Waals surface area (Å²) in [6, 6.07) is 4.83. The number of carbonyl (C=O) groups is 2. The average Bonchev–Trinajstić information content (AvgIpc) is 3.56. The van der Waals surface area contributed by atoms with Gasteiger partial charge in [-0.25, -0.2) is 4.98 Å². The highest BCUT2D eigenvalue weighted by Gasteiger charge is 2.42. The van der Waals surface area contributed by atoms with Crippen LogP contribution in [-0.4, -0.2) is 48.2 Å². The third kappa shape index (κ3) is 6.90. The fraction of sp³-hybridized carbons (Fsp3) is 0.556. The number of hydrogen-bond donors (Lipinski definition) is 2. The number of methoxy groups -OCH3 is 1. The molecule has 2 aliphatic rings. The van der Waals surface area contributed by atoms with Gasteiger partial charge in [0.25, 0.3) is 5.91 Å². The minimum atomic E-state index is -0.450. The van der Waals surface area contributed by atoms with Gasteiger partial charge in [-0.2, -0.15) is 0 Å². The molecule has 1 saturated heterocycles. The number of benzene rings is 1. The monoisotopic (exact) mass is 530 g/mol. The van der Waals surface area contributed by atoms with E-state index in [1.807, 2.05) is 13.0 Å². The number of carbonyl (C=O) groups excluding carboxylic acids is 2. The number of nitrogens with one attached hydrogen (secondary N) is 2. The van der Waals surface area contributed by atoms with Gasteiger partial charge >= 0.3 is 0 Å². The summed E-state index contributed by atoms with van der Waals surface area (Å²) in [5, 5.41) is 11.1. The van der Waals surface area contributed by atoms with E-state index in [1.54, 1.807) is 25.4 Å². The second-order valence-corrected chi connectivity index (χ2v) is 10.1. The predicted octanol–water partition coefficient (Wildman–Crippen LogP) is 4.99. The van der Waals surface area contributed by atoms with E-state index in [9.17, 15) is 9.59 Å². The zero-order valence-corrected chi connectivity index (χ0v) is 22.2. The first-order valence-electron chi connectivity index (χ1n) is 13.0. The van der Waals surface area contributed by atoms with Gasteiger partial charge < -0.3 is 24.6 Å². The Morgan fingerprint density at radius 1 is 1.24 bits per heavy atom. The maximum Gasteiger partial charge on any atom is 0.269 e. The number of oxazole rings is 1. The molecular weight excluding hydrogens is 496 g/mol. The lowest BCUT2D eigenvalue weighted by Gasteiger charge is -2.30. The van der Waals surface area contributed by atoms with Crippen molar-refractivity contribution in [1.29, 1.82) is 0 Å². The molecule has 1 spiro atoms. The van der Waals surface area contributed by atoms with Crippen LogP contribution in [0.4, 0.5) is 0 Å². The van der Waals surface area contributed by atoms with E-state index in [0.29, 0.717) is 53.8 Å². The van der Waals surface area contributed by atoms with Gasteiger partial charge in [-0.15, -0.1) is 0 Å². The van der Waals surface area contributed by atoms with Gasteiger partial charge in [0.05, 0.1) is 18.9 Å². The molecule has 9 nitrogen and oxygen atoms in total. The number of hydrogen-bond acceptors (Lipinski definition) is 8. The van der Waals surface area contributed by atoms with Crippen molar-refractivity contribution in [1.82, 2.24) is 15.6 Å². The summed E-state index contributed by atoms with van der Waals surface area (Å²) >= 11 is 6.10. The van der Waals surface area contributed by atoms with Crippen molar-refractivity contribution in [3.63, 3.8) is 0 Å². The highest BCUT2D eigenvalue weighted by Crippen LogP contribution is 2.35. The summed E-state index contributed by atoms with van der Waals surface area (Å²) in [6.07, 6.45) is 8.02. The van der Waals surface area contributed by atoms with Crippen LogP contribution in [0.25, 0.3) is 11.3 Å². The predicted molar refractivity (Wildman–Crippen MR) is 141 cm³/mol. The number of amides is 1. The minimum absolute atomic E-state index is 0.269. The van der Waals surface area contributed by atoms with Gasteiger partial charge in [0.1, 0.15) is 28.9 Å². The standard InChI is InChI=1S/C27H35ClN4O5/c1-3-19(33)7-5-4-6-8-21(31-25(34)22-16-27(37-32-22)11-13-29-14-12-27)26-30-17-24(36-26)20-10-9-18(28)15-23(20)35-2/h9-10,15,17,21,29H,3-8,11-14,16H2,1-2H3,(H,31,34). The van der Waals surface area contributed by atoms with E-state index in [-0.39, 0.29) is 17.3 Å². The minimum Gasteiger partial charge on any atom is -0.496 e. The van der Waals surface area contributed by atoms with E-state index >= 15 is 0 Å². The Kier molecular flexibility index (Phi) is 9.21. The number of aromatic nitrogens is 1. The van der Waals surface area contributed by atoms with Crippen LogP contribution in [0.2, 0.25) is 5.02 Å². The van der Waals surface area contributed by atoms with Crippen molar-refractivity contribution in [3.8, 4) is 17.1 Å². The largest absolute Gasteiger partial charge is 0.496 e. The van der Waals surface area contributed by atoms with Crippen LogP contribution in [0.15, 0.2) is 34.0 Å². The van der Waals surface area contributed by atoms with Gasteiger partial charge in [-0.05, 0) is 44.1 Å². The van der Waals surface area contributed by atoms with Crippen molar-refractivity contribution < 1.29 is 23.6 Å². The molecule has 1 fully saturated rings. The van der Waals surface area contributed by atoms with Gasteiger partial charge in [0, 0.05) is 37.1 Å². The Hall–Kier alpha value is -2.91. The van der Waals surface area contributed by atoms with Crippen LogP contribution in [-0.2, 0) is 14.4 Å². The highest BCUT2D eigenvalue weighted by atomic mass is 35.5. The summed E-state index contributed by atoms with van der Waals surface area (Å²) in [5.74, 6) is 1.49. The number of piperidine rings is 1. The van der Waals surface area contributed by atoms with Crippen LogP contribution in [0.5, 0.6) is 5.75 Å². The second kappa shape index (κ2) is 12.6. The molecule has 1 aromatic carbocycles. The van der Waals surface area contributed by atoms with Gasteiger partial charge in [0.15, 0.2) is 5.76 Å². The maximum atomic E-state index is 13.2. The summed E-state index contributed by atoms with van der Waals surface area (Å²) in [5.41, 5.74) is 0.724. The average molecular weight is 531 g/mol. The zero-order valence-electron chi connectivity index (χ0n) is 21.5. The van der Waals surface area contributed by atoms with E-state index in [2.05, 4.69) is 20.8 Å². The van der Waals surface area contributed by atoms with Crippen LogP contribution >= 0.6 is 11.6 Å². The fourth-order valence-electron chi connectivity index (χ4n) is 4.76. The van der Waals surface area contributed by atoms with Crippen molar-refractivity contribution >= 4 is 29.0 Å². The molecule has 4 rings (SSSR count). The van der Waals surface area contributed by atoms with Crippen molar-refractivity contribution in [2.75, 3.05) is 20.2 Å². The topological polar surface area (TPSA) is 115 Å². The summed E-state index contributed by atoms with van der Waals surface area (Å²) in [6.45, 7) is 3.58. The van der Waals surface area contributed by atoms with Gasteiger partial charge in [-0.3, -0.25) is 9.59 Å². The number of halogens is 1. The Morgan fingerprint density at radius 3 is 2.81 bits per heavy atom. The first kappa shape index (κ1) is 27.1. The molecule has 2 aliphatic heterocycles. The van der Waals surface area contributed by atoms with Crippen molar-refractivity contribution in [2.24, 2.45) is 5.16 Å². The lowest BCUT2D eigenvalue weighted by atomic mass is 9.87. The highest BCUT2D eigenvalue weighted by molar-refractivity contribution is 6.39. The third-order valence-corrected chi connectivity index (χ3v) is 7.25. The summed E-state index contributed by atoms with van der Waals surface area (Å²) in [4.78, 5) is 35.1. The molecule has 2 aromatic rings. The number of unbranched alkanes of at least 4 members (excludes halogenated alkanes) is 2. The van der Waals surface area contributed by atoms with Crippen LogP contribution < -0.4 is 15.4 Å². The quantitative estimate of drug-likeness (QED) is 0.371. The number of ether oxygens (including phenoxy) is 1. The van der Waals surface area contributed by atoms with Crippen molar-refractivity contribution in [3.05, 3.63) is 35.3 Å². The summed E-state index contributed by atoms with van der Waals surface area (Å²) < 4.78 is 11.6. The van der Waals surface area contributed by atoms with Gasteiger partial charge in [0.2, 0.25) is 5.89 Å². The number of rotatable bonds is 12. The molecule has 1 unspecified atom stereocenters. The van der Waals surface area contributed by atoms with E-state index < -0.39 is 6.04 Å². The molecule has 0 bridgehead atoms. The molecule has 2 N–H and O–H groups in total. The number of Topliss-reactive ketones (excluding diaryl/α,β-unsaturated/α-hetero) is 1. The molecule has 0 aliphatic carbocycles. The molecule has 0 radical (unpaired) electrons. The lowest BCUT2D eigenvalue weighted by Crippen LogP contribution is -2.43. The number of oxime groups is 1. The third-order valence-electron chi connectivity index (χ3n) is 7.01. The van der Waals surface area contributed by atoms with E-state index in [0.717, 1.165) is 50.8 Å². The lowest BCUT2D eigenvalue weighted by molar-refractivity contribution is -0.119. The van der Waals surface area contributed by atoms with Crippen LogP contribution in [0.3, 0.4) is 0 Å². The molecule has 37 heavy (non-hydrogen) atoms. The molecular formula is C27H35ClN4O5. The Balaban J connectivity index is 1.46. The summed E-state index contributed by atoms with van der Waals surface area (Å²) in [7, 11) is 1.57. The van der Waals surface area contributed by atoms with Crippen molar-refractivity contribution in [2.45, 2.75) is 76.4 Å². The van der Waals surface area contributed by atoms with Gasteiger partial charge in [-0.1, -0.05) is 36.5 Å². The smallest absolute Gasteiger partial charge is 0.269 e. The molecule has 1 atom stereocenters. The van der Waals surface area contributed by atoms with Crippen LogP contribution in [0.1, 0.15) is 76.6 Å². The Labute approximate surface area is 222 Å². The Bertz CT molecular complexity index is 1130. The van der Waals surface area contributed by atoms with E-state index in [1.165, 1.54) is 0 Å². The SMILES string of the molecule is CCC(=O)CCCCCC(NC(=O)C1=NOC2(CCNCC2)C1)c1ncc(-c2ccc(Cl)cc2OC)o1. The molecule has 1 aromatic heterocycles. The molecule has 200 valence electrons. The zero-order chi connectivity index (χ0) is 26.3. The normalized spacial score (nSPS) is 17.2. The second-order valence-electron chi connectivity index (χ2n) is 9.66. The Morgan fingerprint density at radius 2 is 2.05 bits per heavy atom. The maximum absolute atomic E-state index is 13.2. The molecule has 1 amide bonds. The first-order chi connectivity index (χ1) is 17.9. The molecule has 10 heteroatoms. The number of ketones is 1.